The van der Waals surface area contributed by atoms with Crippen molar-refractivity contribution in [3.8, 4) is 0 Å². The molecule has 1 unspecified atom stereocenters. The molecule has 1 N–H and O–H groups in total. The molecule has 0 aliphatic carbocycles. The third-order valence-electron chi connectivity index (χ3n) is 2.85. The van der Waals surface area contributed by atoms with Gasteiger partial charge in [-0.2, -0.15) is 0 Å². The van der Waals surface area contributed by atoms with Crippen LogP contribution in [0.25, 0.3) is 0 Å². The molecular formula is C15H22O3. The van der Waals surface area contributed by atoms with Crippen molar-refractivity contribution in [1.82, 2.24) is 0 Å². The first-order valence-electron chi connectivity index (χ1n) is 6.46. The van der Waals surface area contributed by atoms with Gasteiger partial charge in [-0.25, -0.2) is 0 Å². The second kappa shape index (κ2) is 7.88. The molecule has 0 saturated carbocycles. The number of carbonyl (C=O) groups is 1. The average molecular weight is 250 g/mol. The van der Waals surface area contributed by atoms with Crippen LogP contribution in [0.15, 0.2) is 30.3 Å². The van der Waals surface area contributed by atoms with Gasteiger partial charge in [0.2, 0.25) is 0 Å². The smallest absolute Gasteiger partial charge is 0.313 e. The van der Waals surface area contributed by atoms with Gasteiger partial charge < -0.3 is 9.84 Å². The highest BCUT2D eigenvalue weighted by molar-refractivity contribution is 5.76. The van der Waals surface area contributed by atoms with Crippen molar-refractivity contribution in [3.63, 3.8) is 0 Å². The largest absolute Gasteiger partial charge is 0.481 e. The van der Waals surface area contributed by atoms with Crippen molar-refractivity contribution in [3.05, 3.63) is 35.9 Å². The molecule has 0 spiro atoms. The summed E-state index contributed by atoms with van der Waals surface area (Å²) in [7, 11) is 0. The standard InChI is InChI=1S/C15H22O3/c1-12(2)7-6-10-18-11-14(15(16)17)13-8-4-3-5-9-13/h3-5,8-9,12,14H,6-7,10-11H2,1-2H3,(H,16,17). The number of hydrogen-bond donors (Lipinski definition) is 1. The molecule has 0 bridgehead atoms. The predicted molar refractivity (Wildman–Crippen MR) is 71.7 cm³/mol. The zero-order chi connectivity index (χ0) is 13.4. The van der Waals surface area contributed by atoms with E-state index in [1.165, 1.54) is 0 Å². The highest BCUT2D eigenvalue weighted by Gasteiger charge is 2.19. The Balaban J connectivity index is 2.38. The number of hydrogen-bond acceptors (Lipinski definition) is 2. The topological polar surface area (TPSA) is 46.5 Å². The van der Waals surface area contributed by atoms with Crippen LogP contribution in [0.5, 0.6) is 0 Å². The van der Waals surface area contributed by atoms with Gasteiger partial charge in [-0.05, 0) is 24.3 Å². The van der Waals surface area contributed by atoms with Crippen LogP contribution < -0.4 is 0 Å². The van der Waals surface area contributed by atoms with Crippen molar-refractivity contribution in [2.75, 3.05) is 13.2 Å². The first-order chi connectivity index (χ1) is 8.61. The van der Waals surface area contributed by atoms with Crippen molar-refractivity contribution in [2.24, 2.45) is 5.92 Å². The fraction of sp³-hybridized carbons (Fsp3) is 0.533. The summed E-state index contributed by atoms with van der Waals surface area (Å²) in [5.74, 6) is -0.728. The fourth-order valence-corrected chi connectivity index (χ4v) is 1.79. The van der Waals surface area contributed by atoms with Crippen molar-refractivity contribution in [2.45, 2.75) is 32.6 Å². The lowest BCUT2D eigenvalue weighted by molar-refractivity contribution is -0.140. The van der Waals surface area contributed by atoms with Crippen molar-refractivity contribution in [1.29, 1.82) is 0 Å². The molecule has 1 aromatic rings. The highest BCUT2D eigenvalue weighted by atomic mass is 16.5. The summed E-state index contributed by atoms with van der Waals surface area (Å²) < 4.78 is 5.48. The quantitative estimate of drug-likeness (QED) is 0.720. The molecule has 0 amide bonds. The summed E-state index contributed by atoms with van der Waals surface area (Å²) >= 11 is 0. The van der Waals surface area contributed by atoms with Crippen LogP contribution in [-0.2, 0) is 9.53 Å². The second-order valence-electron chi connectivity index (χ2n) is 4.91. The van der Waals surface area contributed by atoms with Gasteiger partial charge in [0.05, 0.1) is 6.61 Å². The third-order valence-corrected chi connectivity index (χ3v) is 2.85. The van der Waals surface area contributed by atoms with E-state index in [1.54, 1.807) is 0 Å². The number of ether oxygens (including phenoxy) is 1. The lowest BCUT2D eigenvalue weighted by atomic mass is 10.0. The summed E-state index contributed by atoms with van der Waals surface area (Å²) in [5.41, 5.74) is 0.800. The van der Waals surface area contributed by atoms with Crippen LogP contribution in [0.1, 0.15) is 38.2 Å². The molecular weight excluding hydrogens is 228 g/mol. The highest BCUT2D eigenvalue weighted by Crippen LogP contribution is 2.16. The van der Waals surface area contributed by atoms with Crippen LogP contribution in [0.2, 0.25) is 0 Å². The van der Waals surface area contributed by atoms with Crippen LogP contribution in [0.3, 0.4) is 0 Å². The van der Waals surface area contributed by atoms with E-state index in [2.05, 4.69) is 13.8 Å². The Morgan fingerprint density at radius 1 is 1.28 bits per heavy atom. The molecule has 0 saturated heterocycles. The van der Waals surface area contributed by atoms with Crippen LogP contribution >= 0.6 is 0 Å². The molecule has 3 nitrogen and oxygen atoms in total. The fourth-order valence-electron chi connectivity index (χ4n) is 1.79. The maximum Gasteiger partial charge on any atom is 0.313 e. The number of benzene rings is 1. The van der Waals surface area contributed by atoms with Gasteiger partial charge in [0.15, 0.2) is 0 Å². The van der Waals surface area contributed by atoms with E-state index in [0.29, 0.717) is 12.5 Å². The summed E-state index contributed by atoms with van der Waals surface area (Å²) in [6.45, 7) is 5.22. The molecule has 0 aliphatic rings. The minimum atomic E-state index is -0.829. The van der Waals surface area contributed by atoms with Crippen molar-refractivity contribution >= 4 is 5.97 Å². The van der Waals surface area contributed by atoms with E-state index in [-0.39, 0.29) is 6.61 Å². The van der Waals surface area contributed by atoms with E-state index in [0.717, 1.165) is 18.4 Å². The Morgan fingerprint density at radius 3 is 2.50 bits per heavy atom. The lowest BCUT2D eigenvalue weighted by Crippen LogP contribution is -2.18. The predicted octanol–water partition coefficient (Wildman–Crippen LogP) is 3.31. The molecule has 1 atom stereocenters. The minimum Gasteiger partial charge on any atom is -0.481 e. The molecule has 0 aromatic heterocycles. The number of rotatable bonds is 8. The molecule has 0 heterocycles. The van der Waals surface area contributed by atoms with Gasteiger partial charge >= 0.3 is 5.97 Å². The summed E-state index contributed by atoms with van der Waals surface area (Å²) in [5, 5.41) is 9.19. The molecule has 0 aliphatic heterocycles. The van der Waals surface area contributed by atoms with E-state index in [9.17, 15) is 9.90 Å². The van der Waals surface area contributed by atoms with Crippen LogP contribution in [-0.4, -0.2) is 24.3 Å². The Kier molecular flexibility index (Phi) is 6.44. The minimum absolute atomic E-state index is 0.247. The third kappa shape index (κ3) is 5.32. The zero-order valence-corrected chi connectivity index (χ0v) is 11.1. The maximum absolute atomic E-state index is 11.2. The molecule has 18 heavy (non-hydrogen) atoms. The normalized spacial score (nSPS) is 12.6. The molecule has 1 aromatic carbocycles. The van der Waals surface area contributed by atoms with Gasteiger partial charge in [-0.15, -0.1) is 0 Å². The molecule has 3 heteroatoms. The van der Waals surface area contributed by atoms with E-state index in [1.807, 2.05) is 30.3 Å². The summed E-state index contributed by atoms with van der Waals surface area (Å²) in [6.07, 6.45) is 2.10. The summed E-state index contributed by atoms with van der Waals surface area (Å²) in [4.78, 5) is 11.2. The van der Waals surface area contributed by atoms with Gasteiger partial charge in [-0.3, -0.25) is 4.79 Å². The van der Waals surface area contributed by atoms with Crippen molar-refractivity contribution < 1.29 is 14.6 Å². The Labute approximate surface area is 109 Å². The van der Waals surface area contributed by atoms with Gasteiger partial charge in [0.1, 0.15) is 5.92 Å². The lowest BCUT2D eigenvalue weighted by Gasteiger charge is -2.13. The van der Waals surface area contributed by atoms with E-state index >= 15 is 0 Å². The van der Waals surface area contributed by atoms with Gasteiger partial charge in [0, 0.05) is 6.61 Å². The second-order valence-corrected chi connectivity index (χ2v) is 4.91. The zero-order valence-electron chi connectivity index (χ0n) is 11.1. The molecule has 100 valence electrons. The van der Waals surface area contributed by atoms with Crippen LogP contribution in [0, 0.1) is 5.92 Å². The average Bonchev–Trinajstić information content (AvgIpc) is 2.34. The van der Waals surface area contributed by atoms with E-state index < -0.39 is 11.9 Å². The Hall–Kier alpha value is -1.35. The Morgan fingerprint density at radius 2 is 1.94 bits per heavy atom. The van der Waals surface area contributed by atoms with Gasteiger partial charge in [-0.1, -0.05) is 44.2 Å². The number of carboxylic acid groups (broad SMARTS) is 1. The monoisotopic (exact) mass is 250 g/mol. The SMILES string of the molecule is CC(C)CCCOCC(C(=O)O)c1ccccc1. The summed E-state index contributed by atoms with van der Waals surface area (Å²) in [6, 6.07) is 9.24. The molecule has 0 radical (unpaired) electrons. The Bertz CT molecular complexity index is 346. The molecule has 1 rings (SSSR count). The van der Waals surface area contributed by atoms with Gasteiger partial charge in [0.25, 0.3) is 0 Å². The maximum atomic E-state index is 11.2. The molecule has 0 fully saturated rings. The number of aliphatic carboxylic acids is 1. The first-order valence-corrected chi connectivity index (χ1v) is 6.46. The van der Waals surface area contributed by atoms with E-state index in [4.69, 9.17) is 4.74 Å². The van der Waals surface area contributed by atoms with Crippen LogP contribution in [0.4, 0.5) is 0 Å². The number of carboxylic acids is 1. The first kappa shape index (κ1) is 14.7.